The van der Waals surface area contributed by atoms with Crippen LogP contribution in [0.2, 0.25) is 0 Å². The van der Waals surface area contributed by atoms with Gasteiger partial charge in [0.05, 0.1) is 6.61 Å². The van der Waals surface area contributed by atoms with Crippen LogP contribution in [-0.4, -0.2) is 39.9 Å². The molecule has 0 amide bonds. The van der Waals surface area contributed by atoms with Crippen LogP contribution in [0.3, 0.4) is 0 Å². The molecule has 1 N–H and O–H groups in total. The van der Waals surface area contributed by atoms with Crippen LogP contribution in [0.1, 0.15) is 6.42 Å². The van der Waals surface area contributed by atoms with E-state index in [1.807, 2.05) is 7.05 Å². The first kappa shape index (κ1) is 12.4. The van der Waals surface area contributed by atoms with Gasteiger partial charge < -0.3 is 15.0 Å². The third-order valence-corrected chi connectivity index (χ3v) is 3.55. The van der Waals surface area contributed by atoms with Gasteiger partial charge in [0.25, 0.3) is 0 Å². The summed E-state index contributed by atoms with van der Waals surface area (Å²) in [5.74, 6) is 0.568. The van der Waals surface area contributed by atoms with Crippen LogP contribution in [0, 0.1) is 5.92 Å². The molecule has 1 saturated heterocycles. The quantitative estimate of drug-likeness (QED) is 0.859. The van der Waals surface area contributed by atoms with Gasteiger partial charge in [-0.15, -0.1) is 0 Å². The summed E-state index contributed by atoms with van der Waals surface area (Å²) in [4.78, 5) is 2.31. The Balaban J connectivity index is 1.95. The lowest BCUT2D eigenvalue weighted by Gasteiger charge is -2.34. The molecular formula is C14H22N2O. The number of hydrogen-bond acceptors (Lipinski definition) is 3. The predicted molar refractivity (Wildman–Crippen MR) is 71.5 cm³/mol. The Morgan fingerprint density at radius 2 is 2.12 bits per heavy atom. The van der Waals surface area contributed by atoms with Crippen LogP contribution >= 0.6 is 0 Å². The fraction of sp³-hybridized carbons (Fsp3) is 0.571. The van der Waals surface area contributed by atoms with E-state index in [1.165, 1.54) is 5.69 Å². The van der Waals surface area contributed by atoms with Crippen LogP contribution in [0.25, 0.3) is 0 Å². The third kappa shape index (κ3) is 3.20. The van der Waals surface area contributed by atoms with E-state index in [0.29, 0.717) is 12.0 Å². The van der Waals surface area contributed by atoms with Crippen LogP contribution in [0.4, 0.5) is 5.69 Å². The first-order valence-electron chi connectivity index (χ1n) is 6.32. The molecule has 94 valence electrons. The van der Waals surface area contributed by atoms with Crippen molar-refractivity contribution in [3.05, 3.63) is 30.3 Å². The van der Waals surface area contributed by atoms with Crippen molar-refractivity contribution in [1.82, 2.24) is 5.32 Å². The summed E-state index contributed by atoms with van der Waals surface area (Å²) in [6.45, 7) is 2.79. The van der Waals surface area contributed by atoms with Crippen molar-refractivity contribution >= 4 is 5.69 Å². The maximum absolute atomic E-state index is 5.58. The van der Waals surface area contributed by atoms with Gasteiger partial charge in [0.2, 0.25) is 0 Å². The van der Waals surface area contributed by atoms with Crippen LogP contribution < -0.4 is 10.2 Å². The van der Waals surface area contributed by atoms with Gasteiger partial charge in [0.1, 0.15) is 0 Å². The van der Waals surface area contributed by atoms with Gasteiger partial charge >= 0.3 is 0 Å². The number of ether oxygens (including phenoxy) is 1. The van der Waals surface area contributed by atoms with Crippen molar-refractivity contribution in [2.45, 2.75) is 12.5 Å². The first-order chi connectivity index (χ1) is 8.31. The molecule has 1 fully saturated rings. The first-order valence-corrected chi connectivity index (χ1v) is 6.32. The van der Waals surface area contributed by atoms with E-state index in [0.717, 1.165) is 26.2 Å². The molecular weight excluding hydrogens is 212 g/mol. The molecule has 0 aromatic heterocycles. The van der Waals surface area contributed by atoms with E-state index >= 15 is 0 Å². The highest BCUT2D eigenvalue weighted by molar-refractivity contribution is 5.45. The molecule has 0 spiro atoms. The zero-order valence-electron chi connectivity index (χ0n) is 10.7. The van der Waals surface area contributed by atoms with Gasteiger partial charge in [-0.05, 0) is 25.6 Å². The smallest absolute Gasteiger partial charge is 0.0526 e. The second-order valence-corrected chi connectivity index (χ2v) is 4.73. The summed E-state index contributed by atoms with van der Waals surface area (Å²) >= 11 is 0. The zero-order valence-corrected chi connectivity index (χ0v) is 10.7. The average Bonchev–Trinajstić information content (AvgIpc) is 2.40. The van der Waals surface area contributed by atoms with Gasteiger partial charge in [-0.25, -0.2) is 0 Å². The lowest BCUT2D eigenvalue weighted by molar-refractivity contribution is 0.0371. The van der Waals surface area contributed by atoms with Crippen molar-refractivity contribution in [2.75, 3.05) is 38.8 Å². The van der Waals surface area contributed by atoms with Crippen molar-refractivity contribution in [3.8, 4) is 0 Å². The highest BCUT2D eigenvalue weighted by atomic mass is 16.5. The molecule has 1 aliphatic heterocycles. The summed E-state index contributed by atoms with van der Waals surface area (Å²) in [5.41, 5.74) is 1.27. The number of nitrogens with zero attached hydrogens (tertiary/aromatic N) is 1. The number of anilines is 1. The molecule has 2 atom stereocenters. The van der Waals surface area contributed by atoms with E-state index < -0.39 is 0 Å². The molecule has 1 aliphatic rings. The molecule has 0 saturated carbocycles. The highest BCUT2D eigenvalue weighted by Crippen LogP contribution is 2.19. The maximum Gasteiger partial charge on any atom is 0.0526 e. The number of para-hydroxylation sites is 1. The third-order valence-electron chi connectivity index (χ3n) is 3.55. The summed E-state index contributed by atoms with van der Waals surface area (Å²) in [6.07, 6.45) is 1.11. The average molecular weight is 234 g/mol. The normalized spacial score (nSPS) is 24.6. The Kier molecular flexibility index (Phi) is 4.40. The predicted octanol–water partition coefficient (Wildman–Crippen LogP) is 1.75. The Bertz CT molecular complexity index is 328. The van der Waals surface area contributed by atoms with E-state index in [1.54, 1.807) is 0 Å². The monoisotopic (exact) mass is 234 g/mol. The largest absolute Gasteiger partial charge is 0.381 e. The fourth-order valence-electron chi connectivity index (χ4n) is 2.50. The molecule has 1 aromatic carbocycles. The fourth-order valence-corrected chi connectivity index (χ4v) is 2.50. The highest BCUT2D eigenvalue weighted by Gasteiger charge is 2.25. The zero-order chi connectivity index (χ0) is 12.1. The summed E-state index contributed by atoms with van der Waals surface area (Å²) in [7, 11) is 4.20. The second kappa shape index (κ2) is 6.03. The van der Waals surface area contributed by atoms with E-state index in [-0.39, 0.29) is 0 Å². The van der Waals surface area contributed by atoms with Crippen LogP contribution in [0.5, 0.6) is 0 Å². The van der Waals surface area contributed by atoms with Gasteiger partial charge in [0.15, 0.2) is 0 Å². The van der Waals surface area contributed by atoms with Gasteiger partial charge in [-0.1, -0.05) is 18.2 Å². The number of nitrogens with one attached hydrogen (secondary N) is 1. The standard InChI is InChI=1S/C14H22N2O/c1-15-14-8-9-17-11-12(14)10-16(2)13-6-4-3-5-7-13/h3-7,12,14-15H,8-11H2,1-2H3. The lowest BCUT2D eigenvalue weighted by atomic mass is 9.95. The van der Waals surface area contributed by atoms with Crippen molar-refractivity contribution in [1.29, 1.82) is 0 Å². The number of benzene rings is 1. The maximum atomic E-state index is 5.58. The Morgan fingerprint density at radius 3 is 2.82 bits per heavy atom. The van der Waals surface area contributed by atoms with Crippen LogP contribution in [-0.2, 0) is 4.74 Å². The van der Waals surface area contributed by atoms with E-state index in [2.05, 4.69) is 47.6 Å². The number of rotatable bonds is 4. The summed E-state index contributed by atoms with van der Waals surface area (Å²) in [5, 5.41) is 3.40. The molecule has 3 nitrogen and oxygen atoms in total. The summed E-state index contributed by atoms with van der Waals surface area (Å²) < 4.78 is 5.58. The molecule has 0 aliphatic carbocycles. The molecule has 3 heteroatoms. The van der Waals surface area contributed by atoms with Gasteiger partial charge in [-0.2, -0.15) is 0 Å². The van der Waals surface area contributed by atoms with Gasteiger partial charge in [-0.3, -0.25) is 0 Å². The molecule has 2 rings (SSSR count). The minimum atomic E-state index is 0.568. The van der Waals surface area contributed by atoms with Crippen LogP contribution in [0.15, 0.2) is 30.3 Å². The lowest BCUT2D eigenvalue weighted by Crippen LogP contribution is -2.46. The van der Waals surface area contributed by atoms with Crippen molar-refractivity contribution < 1.29 is 4.74 Å². The van der Waals surface area contributed by atoms with E-state index in [4.69, 9.17) is 4.74 Å². The van der Waals surface area contributed by atoms with Crippen molar-refractivity contribution in [2.24, 2.45) is 5.92 Å². The Labute approximate surface area is 104 Å². The minimum Gasteiger partial charge on any atom is -0.381 e. The SMILES string of the molecule is CNC1CCOCC1CN(C)c1ccccc1. The van der Waals surface area contributed by atoms with Crippen molar-refractivity contribution in [3.63, 3.8) is 0 Å². The van der Waals surface area contributed by atoms with E-state index in [9.17, 15) is 0 Å². The molecule has 2 unspecified atom stereocenters. The molecule has 0 bridgehead atoms. The molecule has 17 heavy (non-hydrogen) atoms. The Hall–Kier alpha value is -1.06. The minimum absolute atomic E-state index is 0.568. The molecule has 0 radical (unpaired) electrons. The second-order valence-electron chi connectivity index (χ2n) is 4.73. The Morgan fingerprint density at radius 1 is 1.35 bits per heavy atom. The van der Waals surface area contributed by atoms with Gasteiger partial charge in [0, 0.05) is 37.8 Å². The molecule has 1 heterocycles. The topological polar surface area (TPSA) is 24.5 Å². The summed E-state index contributed by atoms with van der Waals surface area (Å²) in [6, 6.07) is 11.1. The number of hydrogen-bond donors (Lipinski definition) is 1. The molecule has 1 aromatic rings.